The first-order chi connectivity index (χ1) is 34.4. The molecule has 8 atom stereocenters. The molecule has 17 heteroatoms. The van der Waals surface area contributed by atoms with Crippen LogP contribution in [-0.2, 0) is 33.2 Å². The van der Waals surface area contributed by atoms with Gasteiger partial charge in [-0.05, 0) is 109 Å². The van der Waals surface area contributed by atoms with Crippen LogP contribution in [0, 0.1) is 0 Å². The fraction of sp³-hybridized carbons (Fsp3) is 0.473. The Morgan fingerprint density at radius 3 is 1.60 bits per heavy atom. The third-order valence-electron chi connectivity index (χ3n) is 11.9. The number of hydrogen-bond donors (Lipinski definition) is 3. The van der Waals surface area contributed by atoms with Crippen LogP contribution in [0.25, 0.3) is 12.2 Å². The number of aliphatic hydroxyl groups is 1. The van der Waals surface area contributed by atoms with Gasteiger partial charge in [0.15, 0.2) is 25.2 Å². The second-order valence-electron chi connectivity index (χ2n) is 18.6. The van der Waals surface area contributed by atoms with Crippen molar-refractivity contribution in [3.05, 3.63) is 119 Å². The summed E-state index contributed by atoms with van der Waals surface area (Å²) >= 11 is 0. The second kappa shape index (κ2) is 25.6. The summed E-state index contributed by atoms with van der Waals surface area (Å²) in [6.07, 6.45) is 13.3. The number of carbonyl (C=O) groups is 3. The number of aliphatic hydroxyl groups excluding tert-OH is 1. The molecule has 2 amide bonds. The number of benzene rings is 3. The van der Waals surface area contributed by atoms with E-state index in [1.54, 1.807) is 68.8 Å². The van der Waals surface area contributed by atoms with E-state index in [1.807, 2.05) is 90.1 Å². The lowest BCUT2D eigenvalue weighted by Gasteiger charge is -2.25. The highest BCUT2D eigenvalue weighted by atomic mass is 16.8. The number of carbonyl (C=O) groups excluding carboxylic acids is 3. The van der Waals surface area contributed by atoms with Crippen LogP contribution in [0.5, 0.6) is 23.0 Å². The van der Waals surface area contributed by atoms with Crippen LogP contribution in [0.3, 0.4) is 0 Å². The van der Waals surface area contributed by atoms with Crippen molar-refractivity contribution >= 4 is 29.9 Å². The van der Waals surface area contributed by atoms with Crippen LogP contribution in [-0.4, -0.2) is 125 Å². The Balaban J connectivity index is 0.000000241. The lowest BCUT2D eigenvalue weighted by Crippen LogP contribution is -2.38. The second-order valence-corrected chi connectivity index (χ2v) is 18.6. The third kappa shape index (κ3) is 15.0. The van der Waals surface area contributed by atoms with Crippen molar-refractivity contribution < 1.29 is 71.6 Å². The fourth-order valence-electron chi connectivity index (χ4n) is 8.64. The van der Waals surface area contributed by atoms with E-state index in [0.29, 0.717) is 76.5 Å². The number of nitrogens with one attached hydrogen (secondary N) is 2. The van der Waals surface area contributed by atoms with E-state index in [1.165, 1.54) is 14.2 Å². The van der Waals surface area contributed by atoms with Crippen molar-refractivity contribution in [1.29, 1.82) is 0 Å². The van der Waals surface area contributed by atoms with Gasteiger partial charge >= 0.3 is 5.97 Å². The van der Waals surface area contributed by atoms with Gasteiger partial charge in [0, 0.05) is 38.4 Å². The first kappa shape index (κ1) is 55.3. The molecule has 6 unspecified atom stereocenters. The average molecular weight is 999 g/mol. The van der Waals surface area contributed by atoms with Gasteiger partial charge in [0.05, 0.1) is 43.1 Å². The summed E-state index contributed by atoms with van der Waals surface area (Å²) in [7, 11) is 6.14. The van der Waals surface area contributed by atoms with E-state index in [0.717, 1.165) is 0 Å². The van der Waals surface area contributed by atoms with E-state index >= 15 is 0 Å². The van der Waals surface area contributed by atoms with Gasteiger partial charge in [-0.1, -0.05) is 60.7 Å². The van der Waals surface area contributed by atoms with Gasteiger partial charge < -0.3 is 67.8 Å². The van der Waals surface area contributed by atoms with Gasteiger partial charge in [-0.3, -0.25) is 9.59 Å². The van der Waals surface area contributed by atoms with Crippen LogP contribution in [0.4, 0.5) is 0 Å². The minimum Gasteiger partial charge on any atom is -0.497 e. The summed E-state index contributed by atoms with van der Waals surface area (Å²) in [5.41, 5.74) is 2.47. The molecular formula is C55H70N2O15. The molecule has 0 bridgehead atoms. The molecular weight excluding hydrogens is 929 g/mol. The molecule has 0 radical (unpaired) electrons. The van der Waals surface area contributed by atoms with Crippen molar-refractivity contribution in [2.45, 2.75) is 128 Å². The molecule has 4 heterocycles. The summed E-state index contributed by atoms with van der Waals surface area (Å²) in [5, 5.41) is 16.7. The molecule has 390 valence electrons. The van der Waals surface area contributed by atoms with Crippen molar-refractivity contribution in [1.82, 2.24) is 10.6 Å². The van der Waals surface area contributed by atoms with E-state index < -0.39 is 48.1 Å². The van der Waals surface area contributed by atoms with Gasteiger partial charge in [-0.25, -0.2) is 4.79 Å². The zero-order chi connectivity index (χ0) is 52.0. The molecule has 0 aromatic heterocycles. The Morgan fingerprint density at radius 2 is 1.11 bits per heavy atom. The van der Waals surface area contributed by atoms with Crippen LogP contribution in [0.2, 0.25) is 0 Å². The molecule has 2 fully saturated rings. The largest absolute Gasteiger partial charge is 0.497 e. The maximum atomic E-state index is 13.5. The predicted octanol–water partition coefficient (Wildman–Crippen LogP) is 7.95. The number of fused-ring (bicyclic) bond motifs is 4. The summed E-state index contributed by atoms with van der Waals surface area (Å²) in [5.74, 6) is -0.882. The molecule has 2 saturated heterocycles. The van der Waals surface area contributed by atoms with E-state index in [-0.39, 0.29) is 43.6 Å². The van der Waals surface area contributed by atoms with Crippen molar-refractivity contribution in [2.75, 3.05) is 42.0 Å². The molecule has 17 nitrogen and oxygen atoms in total. The monoisotopic (exact) mass is 998 g/mol. The minimum atomic E-state index is -0.879. The molecule has 0 aliphatic carbocycles. The lowest BCUT2D eigenvalue weighted by molar-refractivity contribution is -0.153. The Morgan fingerprint density at radius 1 is 0.639 bits per heavy atom. The van der Waals surface area contributed by atoms with Crippen molar-refractivity contribution in [3.63, 3.8) is 0 Å². The van der Waals surface area contributed by atoms with Crippen LogP contribution < -0.4 is 29.6 Å². The molecule has 72 heavy (non-hydrogen) atoms. The number of methoxy groups -OCH3 is 4. The van der Waals surface area contributed by atoms with Crippen LogP contribution in [0.1, 0.15) is 109 Å². The number of hydrogen-bond acceptors (Lipinski definition) is 15. The Bertz CT molecular complexity index is 2430. The Kier molecular flexibility index (Phi) is 19.6. The summed E-state index contributed by atoms with van der Waals surface area (Å²) in [6, 6.07) is 15.3. The summed E-state index contributed by atoms with van der Waals surface area (Å²) < 4.78 is 62.9. The first-order valence-electron chi connectivity index (χ1n) is 24.1. The van der Waals surface area contributed by atoms with Gasteiger partial charge in [0.2, 0.25) is 0 Å². The smallest absolute Gasteiger partial charge is 0.338 e. The van der Waals surface area contributed by atoms with E-state index in [2.05, 4.69) is 10.6 Å². The number of rotatable bonds is 10. The number of ether oxygens (including phenoxy) is 11. The maximum absolute atomic E-state index is 13.5. The van der Waals surface area contributed by atoms with Gasteiger partial charge in [-0.2, -0.15) is 0 Å². The van der Waals surface area contributed by atoms with Gasteiger partial charge in [0.1, 0.15) is 47.4 Å². The highest BCUT2D eigenvalue weighted by Crippen LogP contribution is 2.37. The van der Waals surface area contributed by atoms with E-state index in [9.17, 15) is 19.5 Å². The minimum absolute atomic E-state index is 0.00318. The summed E-state index contributed by atoms with van der Waals surface area (Å²) in [4.78, 5) is 39.6. The highest BCUT2D eigenvalue weighted by molar-refractivity contribution is 6.02. The van der Waals surface area contributed by atoms with Gasteiger partial charge in [-0.15, -0.1) is 0 Å². The summed E-state index contributed by atoms with van der Waals surface area (Å²) in [6.45, 7) is 11.1. The third-order valence-corrected chi connectivity index (χ3v) is 11.9. The normalized spacial score (nSPS) is 27.6. The Labute approximate surface area is 422 Å². The fourth-order valence-corrected chi connectivity index (χ4v) is 8.64. The zero-order valence-corrected chi connectivity index (χ0v) is 42.8. The SMILES string of the molecule is COCOc1cc(OC)cc2c1C(=O)NC(C)C/C=C\C(O)C1OC(C)(C)O[C@H]1C/C=C/2.COCOc1cc(OC)cc2c1C(=O)NC(C)C/C=C\C(OC(=O)c1ccccc1)C1OC(C)(C)O[C@H]1C/C=C/2. The van der Waals surface area contributed by atoms with Crippen LogP contribution >= 0.6 is 0 Å². The zero-order valence-electron chi connectivity index (χ0n) is 42.8. The van der Waals surface area contributed by atoms with Gasteiger partial charge in [0.25, 0.3) is 11.8 Å². The first-order valence-corrected chi connectivity index (χ1v) is 24.1. The molecule has 3 aromatic carbocycles. The Hall–Kier alpha value is -6.05. The lowest BCUT2D eigenvalue weighted by atomic mass is 10.00. The molecule has 3 N–H and O–H groups in total. The van der Waals surface area contributed by atoms with Crippen LogP contribution in [0.15, 0.2) is 91.1 Å². The molecule has 4 aliphatic heterocycles. The number of esters is 1. The van der Waals surface area contributed by atoms with Crippen molar-refractivity contribution in [3.8, 4) is 23.0 Å². The van der Waals surface area contributed by atoms with E-state index in [4.69, 9.17) is 52.1 Å². The average Bonchev–Trinajstić information content (AvgIpc) is 3.84. The molecule has 3 aromatic rings. The topological polar surface area (TPSA) is 197 Å². The molecule has 4 aliphatic rings. The standard InChI is InChI=1S/C31H37NO8.C24H33NO7/c1-20-11-9-15-24(38-30(34)21-12-7-6-8-13-21)28-25(39-31(2,3)40-28)16-10-14-22-17-23(36-5)18-26(37-19-35-4)27(22)29(33)32-20;1-15-8-6-10-18(26)22-19(31-24(2,3)32-22)11-7-9-16-12-17(29-5)13-20(30-14-28-4)21(16)23(27)25-15/h6-10,12-15,17-18,20,24-25,28H,11,16,19H2,1-5H3,(H,32,33);6-7,9-10,12-13,15,18-19,22,26H,8,11,14H2,1-5H3,(H,25,27)/b14-10+,15-9-;9-7+,10-6-/t20?,24?,25-,28?;15?,18?,19-,22?/m00/s1. The molecule has 7 rings (SSSR count). The predicted molar refractivity (Wildman–Crippen MR) is 269 cm³/mol. The number of amides is 2. The maximum Gasteiger partial charge on any atom is 0.338 e. The highest BCUT2D eigenvalue weighted by Gasteiger charge is 2.46. The quantitative estimate of drug-likeness (QED) is 0.100. The molecule has 0 saturated carbocycles. The van der Waals surface area contributed by atoms with Crippen molar-refractivity contribution in [2.24, 2.45) is 0 Å². The molecule has 0 spiro atoms.